The Hall–Kier alpha value is -9.60. The smallest absolute Gasteiger partial charge is 0.205 e. The van der Waals surface area contributed by atoms with Crippen LogP contribution in [0.3, 0.4) is 0 Å². The van der Waals surface area contributed by atoms with Crippen molar-refractivity contribution in [1.29, 1.82) is 0 Å². The number of nitrogens with zero attached hydrogens (tertiary/aromatic N) is 20. The van der Waals surface area contributed by atoms with E-state index in [0.717, 1.165) is 87.6 Å². The van der Waals surface area contributed by atoms with Crippen molar-refractivity contribution < 1.29 is 9.59 Å². The van der Waals surface area contributed by atoms with E-state index in [4.69, 9.17) is 0 Å². The van der Waals surface area contributed by atoms with Crippen molar-refractivity contribution in [3.05, 3.63) is 218 Å². The van der Waals surface area contributed by atoms with Gasteiger partial charge in [-0.25, -0.2) is 15.0 Å². The first-order valence-corrected chi connectivity index (χ1v) is 46.5. The summed E-state index contributed by atoms with van der Waals surface area (Å²) in [4.78, 5) is 42.9. The molecule has 1 aliphatic carbocycles. The normalized spacial score (nSPS) is 12.8. The molecule has 12 rings (SSSR count). The second-order valence-corrected chi connectivity index (χ2v) is 46.7. The van der Waals surface area contributed by atoms with Crippen molar-refractivity contribution in [3.63, 3.8) is 0 Å². The molecule has 1 saturated carbocycles. The van der Waals surface area contributed by atoms with E-state index in [9.17, 15) is 9.59 Å². The monoisotopic (exact) mass is 1780 g/mol. The maximum Gasteiger partial charge on any atom is 0.205 e. The summed E-state index contributed by atoms with van der Waals surface area (Å²) in [5, 5.41) is 30.1. The van der Waals surface area contributed by atoms with Crippen molar-refractivity contribution in [2.24, 2.45) is 59.6 Å². The number of carbonyl (C=O) groups excluding carboxylic acids is 2. The van der Waals surface area contributed by atoms with Crippen LogP contribution in [0.4, 0.5) is 0 Å². The molecule has 0 N–H and O–H groups in total. The highest BCUT2D eigenvalue weighted by molar-refractivity contribution is 5.98. The summed E-state index contributed by atoms with van der Waals surface area (Å²) in [5.74, 6) is 0.358. The van der Waals surface area contributed by atoms with E-state index < -0.39 is 5.41 Å². The van der Waals surface area contributed by atoms with E-state index in [1.165, 1.54) is 67.6 Å². The number of rotatable bonds is 20. The number of aromatic nitrogens is 20. The van der Waals surface area contributed by atoms with Gasteiger partial charge >= 0.3 is 0 Å². The fourth-order valence-electron chi connectivity index (χ4n) is 12.9. The molecule has 11 aromatic rings. The van der Waals surface area contributed by atoms with Crippen molar-refractivity contribution in [3.8, 4) is 11.1 Å². The average molecular weight is 1780 g/mol. The molecule has 0 aliphatic heterocycles. The molecule has 22 heteroatoms. The van der Waals surface area contributed by atoms with Gasteiger partial charge in [-0.1, -0.05) is 227 Å². The molecule has 0 bridgehead atoms. The quantitative estimate of drug-likeness (QED) is 0.0647. The van der Waals surface area contributed by atoms with Gasteiger partial charge in [0.25, 0.3) is 0 Å². The van der Waals surface area contributed by atoms with Crippen LogP contribution in [0.5, 0.6) is 0 Å². The molecule has 22 nitrogen and oxygen atoms in total. The zero-order valence-electron chi connectivity index (χ0n) is 87.0. The van der Waals surface area contributed by atoms with Gasteiger partial charge in [0, 0.05) is 165 Å². The maximum atomic E-state index is 11.6. The predicted molar refractivity (Wildman–Crippen MR) is 539 cm³/mol. The molecule has 0 spiro atoms. The Morgan fingerprint density at radius 2 is 0.884 bits per heavy atom. The number of carbonyl (C=O) groups is 2. The molecule has 1 unspecified atom stereocenters. The van der Waals surface area contributed by atoms with E-state index in [0.29, 0.717) is 66.3 Å². The summed E-state index contributed by atoms with van der Waals surface area (Å²) in [6.07, 6.45) is 42.0. The van der Waals surface area contributed by atoms with E-state index in [-0.39, 0.29) is 24.4 Å². The summed E-state index contributed by atoms with van der Waals surface area (Å²) >= 11 is 0. The van der Waals surface area contributed by atoms with Gasteiger partial charge < -0.3 is 4.57 Å². The van der Waals surface area contributed by atoms with Gasteiger partial charge in [0.2, 0.25) is 5.78 Å². The van der Waals surface area contributed by atoms with Crippen LogP contribution in [0.25, 0.3) is 11.1 Å². The SMILES string of the molecule is C.CC(C)(C)C(=O)c1ccccn1.CC(C)(C)C(=O)c1ncccn1.CC(C)(C)CCn1cc(-c2cccnc2)cn1.CC(C)(C)CCn1cccc1.CC(C)(C)CCn1cncn1.CC(CC(C)(C)C)n1cccn1.Cc1cc(C)n(CC2(CC(C)(C)C)CC2)n1.Cc1cc(C)n(CCC(C)(C)C)n1.Cc1ccnn1CCC(C)(C)C.Cc1cnn(CCC(C)(C)C)c1. The Morgan fingerprint density at radius 1 is 0.395 bits per heavy atom. The zero-order chi connectivity index (χ0) is 96.9. The Bertz CT molecular complexity index is 4660. The van der Waals surface area contributed by atoms with Crippen molar-refractivity contribution in [2.75, 3.05) is 0 Å². The first-order chi connectivity index (χ1) is 58.9. The number of ketones is 2. The summed E-state index contributed by atoms with van der Waals surface area (Å²) in [6, 6.07) is 24.0. The van der Waals surface area contributed by atoms with Gasteiger partial charge in [-0.15, -0.1) is 0 Å². The van der Waals surface area contributed by atoms with Crippen LogP contribution in [0, 0.1) is 101 Å². The first-order valence-electron chi connectivity index (χ1n) is 46.5. The summed E-state index contributed by atoms with van der Waals surface area (Å²) < 4.78 is 16.5. The highest BCUT2D eigenvalue weighted by Gasteiger charge is 2.46. The lowest BCUT2D eigenvalue weighted by Crippen LogP contribution is -2.22. The fourth-order valence-corrected chi connectivity index (χ4v) is 12.9. The number of pyridine rings is 2. The molecule has 718 valence electrons. The first kappa shape index (κ1) is 115. The Kier molecular flexibility index (Phi) is 46.9. The third-order valence-corrected chi connectivity index (χ3v) is 20.5. The van der Waals surface area contributed by atoms with Crippen LogP contribution in [0.15, 0.2) is 172 Å². The third kappa shape index (κ3) is 54.0. The summed E-state index contributed by atoms with van der Waals surface area (Å²) in [7, 11) is 0. The Morgan fingerprint density at radius 3 is 1.29 bits per heavy atom. The van der Waals surface area contributed by atoms with Gasteiger partial charge in [-0.05, 0) is 228 Å². The summed E-state index contributed by atoms with van der Waals surface area (Å²) in [6.45, 7) is 87.6. The van der Waals surface area contributed by atoms with E-state index in [1.807, 2.05) is 129 Å². The molecule has 11 aromatic heterocycles. The molecule has 0 aromatic carbocycles. The molecule has 0 saturated heterocycles. The third-order valence-electron chi connectivity index (χ3n) is 20.5. The summed E-state index contributed by atoms with van der Waals surface area (Å²) in [5.41, 5.74) is 13.1. The minimum absolute atomic E-state index is 0. The van der Waals surface area contributed by atoms with E-state index >= 15 is 0 Å². The van der Waals surface area contributed by atoms with Gasteiger partial charge in [0.05, 0.1) is 23.8 Å². The molecular formula is C107H178N20O2. The lowest BCUT2D eigenvalue weighted by atomic mass is 9.82. The molecule has 1 aliphatic rings. The second kappa shape index (κ2) is 52.4. The lowest BCUT2D eigenvalue weighted by Gasteiger charge is -2.26. The number of hydrogen-bond donors (Lipinski definition) is 0. The van der Waals surface area contributed by atoms with Crippen LogP contribution < -0.4 is 0 Å². The van der Waals surface area contributed by atoms with Gasteiger partial charge in [0.1, 0.15) is 18.3 Å². The largest absolute Gasteiger partial charge is 0.354 e. The van der Waals surface area contributed by atoms with Gasteiger partial charge in [-0.3, -0.25) is 52.3 Å². The second-order valence-electron chi connectivity index (χ2n) is 46.7. The highest BCUT2D eigenvalue weighted by Crippen LogP contribution is 2.54. The van der Waals surface area contributed by atoms with E-state index in [2.05, 4.69) is 342 Å². The number of hydrogen-bond acceptors (Lipinski definition) is 14. The minimum atomic E-state index is -0.401. The average Bonchev–Trinajstić information content (AvgIpc) is 1.63. The Balaban J connectivity index is 0.000000486. The molecule has 0 amide bonds. The minimum Gasteiger partial charge on any atom is -0.354 e. The lowest BCUT2D eigenvalue weighted by molar-refractivity contribution is 0.0843. The topological polar surface area (TPSA) is 228 Å². The zero-order valence-corrected chi connectivity index (χ0v) is 87.0. The van der Waals surface area contributed by atoms with Crippen LogP contribution >= 0.6 is 0 Å². The van der Waals surface area contributed by atoms with E-state index in [1.54, 1.807) is 55.6 Å². The molecule has 1 atom stereocenters. The van der Waals surface area contributed by atoms with Crippen LogP contribution in [0.1, 0.15) is 347 Å². The number of aryl methyl sites for hydroxylation is 12. The van der Waals surface area contributed by atoms with Crippen LogP contribution in [-0.4, -0.2) is 110 Å². The van der Waals surface area contributed by atoms with Gasteiger partial charge in [0.15, 0.2) is 11.6 Å². The molecule has 1 fully saturated rings. The standard InChI is InChI=1S/C14H19N3.C14H24N2.C11H20N2.3C10H18N2.C10H13NO.C10H17N.C9H12N2O.C8H15N3.CH4/c1-14(2,3)6-8-17-11-13(10-16-17)12-5-4-7-15-9-12;1-11-8-12(2)16(15-11)10-14(6-7-14)9-13(3,4)5;1-9-8-10(2)13(12-9)7-6-11(3,4)5;1-9-5-7-11-12(9)8-6-10(2,3)4;1-9-7-11-12(8-9)6-5-10(2,3)4;1-9(8-10(2,3)4)12-7-5-6-11-12;1-10(2,3)9(12)8-6-4-5-7-11-8;1-10(2,3)6-9-11-7-4-5-8-11;1-9(2,3)7(12)8-10-5-4-6-11-8;1-8(2,3)4-5-11-7-9-6-10-11;/h4-5,7,9-11H,6,8H2,1-3H3;8H,6-7,9-10H2,1-5H3;8H,6-7H2,1-5H3;5,7H,6,8H2,1-4H3;7-8H,5-6H2,1-4H3;5-7,9H,8H2,1-4H3;4-7H,1-3H3;4-5,7-8H,6,9H2,1-3H3;4-6H,1-3H3;6-7H,4-5H2,1-3H3;1H4. The van der Waals surface area contributed by atoms with Crippen LogP contribution in [0.2, 0.25) is 0 Å². The van der Waals surface area contributed by atoms with Crippen molar-refractivity contribution in [2.45, 2.75) is 380 Å². The predicted octanol–water partition coefficient (Wildman–Crippen LogP) is 27.5. The van der Waals surface area contributed by atoms with Crippen LogP contribution in [-0.2, 0) is 45.8 Å². The molecular weight excluding hydrogens is 1600 g/mol. The van der Waals surface area contributed by atoms with Gasteiger partial charge in [-0.2, -0.15) is 35.7 Å². The molecule has 129 heavy (non-hydrogen) atoms. The van der Waals surface area contributed by atoms with Crippen molar-refractivity contribution in [1.82, 2.24) is 98.0 Å². The highest BCUT2D eigenvalue weighted by atomic mass is 16.1. The fraction of sp³-hybridized carbons (Fsp3) is 0.626. The molecule has 0 radical (unpaired) electrons. The maximum absolute atomic E-state index is 11.6. The van der Waals surface area contributed by atoms with Crippen molar-refractivity contribution >= 4 is 11.6 Å². The number of Topliss-reactive ketones (excluding diaryl/α,β-unsaturated/α-hetero) is 2. The molecule has 11 heterocycles. The Labute approximate surface area is 782 Å².